The summed E-state index contributed by atoms with van der Waals surface area (Å²) in [5.41, 5.74) is 14.4. The van der Waals surface area contributed by atoms with Gasteiger partial charge in [0.15, 0.2) is 0 Å². The Kier molecular flexibility index (Phi) is 24.4. The highest BCUT2D eigenvalue weighted by molar-refractivity contribution is 7.00. The van der Waals surface area contributed by atoms with Gasteiger partial charge in [-0.25, -0.2) is 19.2 Å². The number of benzene rings is 5. The molecule has 109 heavy (non-hydrogen) atoms. The number of nitrogens with zero attached hydrogens (tertiary/aromatic N) is 11. The Morgan fingerprint density at radius 3 is 1.17 bits per heavy atom. The van der Waals surface area contributed by atoms with Crippen LogP contribution in [0.1, 0.15) is 143 Å². The van der Waals surface area contributed by atoms with E-state index in [4.69, 9.17) is 33.2 Å². The maximum absolute atomic E-state index is 13.6. The summed E-state index contributed by atoms with van der Waals surface area (Å²) in [7, 11) is 4.29. The third-order valence-electron chi connectivity index (χ3n) is 20.7. The summed E-state index contributed by atoms with van der Waals surface area (Å²) < 4.78 is 72.0. The van der Waals surface area contributed by atoms with Crippen LogP contribution < -0.4 is 10.1 Å². The molecule has 9 aromatic rings. The number of carbonyl (C=O) groups is 8. The number of esters is 3. The molecule has 568 valence electrons. The van der Waals surface area contributed by atoms with Crippen LogP contribution in [0.5, 0.6) is 5.75 Å². The van der Waals surface area contributed by atoms with Gasteiger partial charge < -0.3 is 58.3 Å². The van der Waals surface area contributed by atoms with E-state index < -0.39 is 35.7 Å². The predicted molar refractivity (Wildman–Crippen MR) is 405 cm³/mol. The van der Waals surface area contributed by atoms with Crippen molar-refractivity contribution in [2.75, 3.05) is 60.8 Å². The second-order valence-electron chi connectivity index (χ2n) is 27.3. The Bertz CT molecular complexity index is 5100. The topological polar surface area (TPSA) is 346 Å². The van der Waals surface area contributed by atoms with Gasteiger partial charge in [-0.2, -0.15) is 35.0 Å². The van der Waals surface area contributed by atoms with Gasteiger partial charge in [-0.3, -0.25) is 19.2 Å². The minimum absolute atomic E-state index is 0.00264. The van der Waals surface area contributed by atoms with E-state index in [9.17, 15) is 43.5 Å². The number of amides is 4. The van der Waals surface area contributed by atoms with Gasteiger partial charge in [-0.15, -0.1) is 0 Å². The van der Waals surface area contributed by atoms with Crippen LogP contribution in [0.4, 0.5) is 0 Å². The lowest BCUT2D eigenvalue weighted by Crippen LogP contribution is -2.42. The van der Waals surface area contributed by atoms with Crippen LogP contribution >= 0.6 is 46.9 Å². The van der Waals surface area contributed by atoms with Crippen LogP contribution in [0.25, 0.3) is 44.1 Å². The van der Waals surface area contributed by atoms with Crippen molar-refractivity contribution >= 4 is 139 Å². The number of methoxy groups -OCH3 is 3. The van der Waals surface area contributed by atoms with E-state index in [1.54, 1.807) is 35.7 Å². The highest BCUT2D eigenvalue weighted by atomic mass is 32.1. The number of aromatic nitrogens is 8. The highest BCUT2D eigenvalue weighted by Gasteiger charge is 2.42. The first-order chi connectivity index (χ1) is 52.8. The van der Waals surface area contributed by atoms with Crippen molar-refractivity contribution in [1.82, 2.24) is 55.0 Å². The standard InChI is InChI=1S/C26H27N3O5S.C19H21N3O4S.C18H19N3O4S.C14H13N3O3S/c1-16-25(26(31)34-15-18-6-3-4-8-23(18)32-2)20(17-9-10-21-22(12-17)28-35-27-21)13-24(30)29(16)14-19-7-5-11-33-19;1-11-18(19(24)25-2)14(12-5-6-15-16(8-12)21-27-20-15)9-17(23)22(11)10-13-4-3-7-26-13;1-10-17(18(23)24)13(11-4-5-14-15(7-11)20-26-19-14)8-16(22)21(10)9-12-3-2-6-25-12;1-7-13(14(19)20-2)9(6-12(18)15-7)8-3-4-10-11(5-8)17-21-16-10/h3-4,6,8-10,12,19-20H,5,7,11,13-15H2,1-2H3;5-6,8,13-14H,3-4,7,9-10H2,1-2H3;4-5,7,12-13H,2-3,6,8-9H2,1H3,(H,23,24);3-5,9H,6H2,1-2H3,(H,15,18)/t19-,20+;13-,14+;12-,13+;9-/m1110/s1. The molecule has 4 aromatic heterocycles. The molecule has 3 fully saturated rings. The van der Waals surface area contributed by atoms with Crippen LogP contribution in [0.3, 0.4) is 0 Å². The van der Waals surface area contributed by atoms with Gasteiger partial charge in [0.25, 0.3) is 0 Å². The lowest BCUT2D eigenvalue weighted by atomic mass is 9.83. The molecule has 7 aliphatic rings. The molecule has 16 rings (SSSR count). The fourth-order valence-corrected chi connectivity index (χ4v) is 17.2. The van der Waals surface area contributed by atoms with Gasteiger partial charge in [-0.1, -0.05) is 42.5 Å². The Labute approximate surface area is 643 Å². The Balaban J connectivity index is 0.000000130. The smallest absolute Gasteiger partial charge is 0.336 e. The molecule has 5 aromatic carbocycles. The Hall–Kier alpha value is -10.2. The van der Waals surface area contributed by atoms with Crippen LogP contribution in [0.2, 0.25) is 0 Å². The third-order valence-corrected chi connectivity index (χ3v) is 22.9. The number of rotatable bonds is 17. The zero-order valence-electron chi connectivity index (χ0n) is 60.9. The Morgan fingerprint density at radius 1 is 0.459 bits per heavy atom. The summed E-state index contributed by atoms with van der Waals surface area (Å²) >= 11 is 4.54. The van der Waals surface area contributed by atoms with E-state index in [0.717, 1.165) is 164 Å². The molecule has 7 aliphatic heterocycles. The predicted octanol–water partition coefficient (Wildman–Crippen LogP) is 11.1. The first-order valence-corrected chi connectivity index (χ1v) is 38.7. The molecule has 0 spiro atoms. The first-order valence-electron chi connectivity index (χ1n) is 35.7. The van der Waals surface area contributed by atoms with Gasteiger partial charge in [-0.05, 0) is 143 Å². The van der Waals surface area contributed by atoms with Crippen molar-refractivity contribution in [3.05, 3.63) is 170 Å². The van der Waals surface area contributed by atoms with E-state index in [1.807, 2.05) is 111 Å². The van der Waals surface area contributed by atoms with E-state index >= 15 is 0 Å². The minimum atomic E-state index is -0.992. The molecule has 7 atom stereocenters. The zero-order chi connectivity index (χ0) is 76.6. The second-order valence-corrected chi connectivity index (χ2v) is 29.4. The number of allylic oxidation sites excluding steroid dienone is 4. The van der Waals surface area contributed by atoms with Gasteiger partial charge in [0, 0.05) is 97.5 Å². The summed E-state index contributed by atoms with van der Waals surface area (Å²) in [6.07, 6.45) is 6.43. The van der Waals surface area contributed by atoms with E-state index in [2.05, 4.69) is 40.3 Å². The van der Waals surface area contributed by atoms with Gasteiger partial charge in [0.2, 0.25) is 23.6 Å². The number of hydrogen-bond acceptors (Lipinski definition) is 27. The molecule has 0 bridgehead atoms. The molecule has 0 saturated carbocycles. The molecule has 0 aliphatic carbocycles. The van der Waals surface area contributed by atoms with E-state index in [0.29, 0.717) is 78.1 Å². The first kappa shape index (κ1) is 77.0. The number of carbonyl (C=O) groups excluding carboxylic acids is 7. The molecule has 3 saturated heterocycles. The van der Waals surface area contributed by atoms with E-state index in [1.165, 1.54) is 14.2 Å². The minimum Gasteiger partial charge on any atom is -0.496 e. The van der Waals surface area contributed by atoms with Crippen LogP contribution in [-0.4, -0.2) is 181 Å². The van der Waals surface area contributed by atoms with Crippen molar-refractivity contribution in [3.63, 3.8) is 0 Å². The van der Waals surface area contributed by atoms with Crippen molar-refractivity contribution in [3.8, 4) is 5.75 Å². The van der Waals surface area contributed by atoms with Gasteiger partial charge in [0.1, 0.15) is 56.5 Å². The number of aliphatic carboxylic acids is 1. The number of carboxylic acid groups (broad SMARTS) is 1. The number of fused-ring (bicyclic) bond motifs is 4. The quantitative estimate of drug-likeness (QED) is 0.0631. The maximum Gasteiger partial charge on any atom is 0.336 e. The molecule has 28 nitrogen and oxygen atoms in total. The van der Waals surface area contributed by atoms with Crippen LogP contribution in [-0.2, 0) is 73.4 Å². The van der Waals surface area contributed by atoms with Crippen molar-refractivity contribution in [2.24, 2.45) is 0 Å². The fourth-order valence-electron chi connectivity index (χ4n) is 15.1. The summed E-state index contributed by atoms with van der Waals surface area (Å²) in [6, 6.07) is 29.9. The average molecular weight is 1560 g/mol. The lowest BCUT2D eigenvalue weighted by Gasteiger charge is -2.35. The van der Waals surface area contributed by atoms with Crippen molar-refractivity contribution in [2.45, 2.75) is 140 Å². The lowest BCUT2D eigenvalue weighted by molar-refractivity contribution is -0.142. The number of carboxylic acids is 1. The molecular weight excluding hydrogens is 1480 g/mol. The number of ether oxygens (including phenoxy) is 7. The molecule has 2 N–H and O–H groups in total. The molecule has 32 heteroatoms. The Morgan fingerprint density at radius 2 is 0.807 bits per heavy atom. The normalized spacial score (nSPS) is 21.7. The molecule has 0 unspecified atom stereocenters. The summed E-state index contributed by atoms with van der Waals surface area (Å²) in [5, 5.41) is 12.5. The maximum atomic E-state index is 13.6. The van der Waals surface area contributed by atoms with Gasteiger partial charge in [0.05, 0.1) is 128 Å². The summed E-state index contributed by atoms with van der Waals surface area (Å²) in [4.78, 5) is 106. The third kappa shape index (κ3) is 17.1. The summed E-state index contributed by atoms with van der Waals surface area (Å²) in [6.45, 7) is 10.6. The van der Waals surface area contributed by atoms with Crippen LogP contribution in [0, 0.1) is 0 Å². The molecule has 4 amide bonds. The highest BCUT2D eigenvalue weighted by Crippen LogP contribution is 2.43. The molecular formula is C77H80N12O16S4. The fraction of sp³-hybridized carbons (Fsp3) is 0.403. The average Bonchev–Trinajstić information content (AvgIpc) is 1.23. The largest absolute Gasteiger partial charge is 0.496 e. The number of hydrogen-bond donors (Lipinski definition) is 2. The zero-order valence-corrected chi connectivity index (χ0v) is 64.2. The van der Waals surface area contributed by atoms with Crippen molar-refractivity contribution in [1.29, 1.82) is 0 Å². The van der Waals surface area contributed by atoms with Gasteiger partial charge >= 0.3 is 23.9 Å². The summed E-state index contributed by atoms with van der Waals surface area (Å²) in [5.74, 6) is -3.39. The number of para-hydroxylation sites is 1. The molecule has 0 radical (unpaired) electrons. The van der Waals surface area contributed by atoms with Crippen LogP contribution in [0.15, 0.2) is 142 Å². The SMILES string of the molecule is CC1=C(C(=O)O)[C@H](c2ccc3nsnc3c2)CC(=O)N1C[C@H]1CCCO1.COC(=O)C1=C(C)N(C[C@H]2CCCO2)C(=O)C[C@H]1c1ccc2nsnc2c1.COC(=O)C1=C(C)NC(=O)C[C@H]1c1ccc2nsnc2c1.COc1ccccc1COC(=O)C1=C(C)N(C[C@H]2CCCO2)C(=O)C[C@H]1c1ccc2nsnc2c1. The monoisotopic (exact) mass is 1560 g/mol. The molecule has 11 heterocycles. The van der Waals surface area contributed by atoms with Crippen molar-refractivity contribution < 1.29 is 76.6 Å². The van der Waals surface area contributed by atoms with E-state index in [-0.39, 0.29) is 91.6 Å². The second kappa shape index (κ2) is 34.6. The number of nitrogens with one attached hydrogen (secondary N) is 1.